The smallest absolute Gasteiger partial charge is 0.264 e. The summed E-state index contributed by atoms with van der Waals surface area (Å²) in [6, 6.07) is 0. The Hall–Kier alpha value is -0.260. The van der Waals surface area contributed by atoms with E-state index in [1.165, 1.54) is 167 Å². The minimum Gasteiger partial charge on any atom is -0.264 e. The third-order valence-electron chi connectivity index (χ3n) is 8.46. The molecule has 0 aromatic heterocycles. The normalized spacial score (nSPS) is 11.9. The van der Waals surface area contributed by atoms with Crippen molar-refractivity contribution in [2.45, 2.75) is 219 Å². The molecule has 0 bridgehead atoms. The van der Waals surface area contributed by atoms with E-state index in [-0.39, 0.29) is 13.2 Å². The molecule has 0 fully saturated rings. The van der Waals surface area contributed by atoms with Crippen LogP contribution in [0.1, 0.15) is 219 Å². The number of hydrogen-bond acceptors (Lipinski definition) is 6. The second-order valence-electron chi connectivity index (χ2n) is 13.1. The molecule has 0 aliphatic carbocycles. The monoisotopic (exact) mass is 700 g/mol. The summed E-state index contributed by atoms with van der Waals surface area (Å²) in [6.45, 7) is 4.71. The summed E-state index contributed by atoms with van der Waals surface area (Å²) in [6.07, 6.45) is 41.0. The van der Waals surface area contributed by atoms with Crippen LogP contribution in [0.2, 0.25) is 0 Å². The van der Waals surface area contributed by atoms with Gasteiger partial charge in [0.25, 0.3) is 0 Å². The predicted molar refractivity (Wildman–Crippen MR) is 194 cm³/mol. The molecule has 0 unspecified atom stereocenters. The molecule has 0 atom stereocenters. The maximum atomic E-state index is 10.3. The summed E-state index contributed by atoms with van der Waals surface area (Å²) in [5.41, 5.74) is 0. The molecule has 0 aliphatic rings. The predicted octanol–water partition coefficient (Wildman–Crippen LogP) is 12.1. The van der Waals surface area contributed by atoms with Crippen LogP contribution in [-0.4, -0.2) is 39.2 Å². The highest BCUT2D eigenvalue weighted by atomic mass is 32.3. The van der Waals surface area contributed by atoms with Crippen molar-refractivity contribution in [3.63, 3.8) is 0 Å². The third kappa shape index (κ3) is 50.6. The first-order valence-electron chi connectivity index (χ1n) is 19.4. The van der Waals surface area contributed by atoms with Gasteiger partial charge in [-0.1, -0.05) is 206 Å². The van der Waals surface area contributed by atoms with Crippen LogP contribution in [0.3, 0.4) is 0 Å². The average Bonchev–Trinajstić information content (AvgIpc) is 2.99. The molecule has 46 heavy (non-hydrogen) atoms. The Labute approximate surface area is 286 Å². The highest BCUT2D eigenvalue weighted by Gasteiger charge is 2.03. The molecule has 10 heteroatoms. The summed E-state index contributed by atoms with van der Waals surface area (Å²) >= 11 is 0. The van der Waals surface area contributed by atoms with E-state index in [0.717, 1.165) is 25.7 Å². The topological polar surface area (TPSA) is 127 Å². The van der Waals surface area contributed by atoms with Crippen LogP contribution < -0.4 is 0 Å². The van der Waals surface area contributed by atoms with E-state index in [1.54, 1.807) is 0 Å². The zero-order valence-electron chi connectivity index (χ0n) is 30.2. The Balaban J connectivity index is 0. The summed E-state index contributed by atoms with van der Waals surface area (Å²) in [5.74, 6) is 0. The molecule has 0 aliphatic heterocycles. The van der Waals surface area contributed by atoms with Crippen molar-refractivity contribution in [3.8, 4) is 0 Å². The fourth-order valence-electron chi connectivity index (χ4n) is 5.63. The highest BCUT2D eigenvalue weighted by Crippen LogP contribution is 2.15. The Bertz CT molecular complexity index is 722. The SMILES string of the molecule is CCCCCCCCCCCCCCCCCCOS(=O)(=O)O.CCCCCCCCCCCCCCCCCCOS(=O)(=O)O. The van der Waals surface area contributed by atoms with Gasteiger partial charge in [0.05, 0.1) is 13.2 Å². The fourth-order valence-corrected chi connectivity index (χ4v) is 6.29. The number of unbranched alkanes of at least 4 members (excludes halogenated alkanes) is 30. The fraction of sp³-hybridized carbons (Fsp3) is 1.00. The Morgan fingerprint density at radius 1 is 0.304 bits per heavy atom. The van der Waals surface area contributed by atoms with Crippen LogP contribution >= 0.6 is 0 Å². The molecule has 0 rings (SSSR count). The minimum absolute atomic E-state index is 0.0945. The largest absolute Gasteiger partial charge is 0.397 e. The van der Waals surface area contributed by atoms with E-state index in [2.05, 4.69) is 22.2 Å². The molecule has 0 aromatic carbocycles. The van der Waals surface area contributed by atoms with E-state index in [1.807, 2.05) is 0 Å². The zero-order chi connectivity index (χ0) is 34.5. The summed E-state index contributed by atoms with van der Waals surface area (Å²) in [5, 5.41) is 0. The van der Waals surface area contributed by atoms with Crippen molar-refractivity contribution in [3.05, 3.63) is 0 Å². The van der Waals surface area contributed by atoms with Crippen molar-refractivity contribution in [2.75, 3.05) is 13.2 Å². The van der Waals surface area contributed by atoms with Crippen LogP contribution in [0, 0.1) is 0 Å². The van der Waals surface area contributed by atoms with E-state index in [9.17, 15) is 16.8 Å². The van der Waals surface area contributed by atoms with Gasteiger partial charge in [-0.15, -0.1) is 0 Å². The summed E-state index contributed by atoms with van der Waals surface area (Å²) < 4.78 is 66.6. The molecule has 0 saturated heterocycles. The van der Waals surface area contributed by atoms with Gasteiger partial charge in [0.15, 0.2) is 0 Å². The zero-order valence-corrected chi connectivity index (χ0v) is 31.8. The van der Waals surface area contributed by atoms with Gasteiger partial charge in [0, 0.05) is 0 Å². The molecule has 0 heterocycles. The molecule has 0 aromatic rings. The molecule has 2 N–H and O–H groups in total. The van der Waals surface area contributed by atoms with Crippen LogP contribution in [0.25, 0.3) is 0 Å². The summed E-state index contributed by atoms with van der Waals surface area (Å²) in [7, 11) is -8.49. The van der Waals surface area contributed by atoms with Crippen molar-refractivity contribution in [1.82, 2.24) is 0 Å². The molecule has 0 radical (unpaired) electrons. The number of hydrogen-bond donors (Lipinski definition) is 2. The van der Waals surface area contributed by atoms with E-state index in [4.69, 9.17) is 9.11 Å². The van der Waals surface area contributed by atoms with Gasteiger partial charge in [0.1, 0.15) is 0 Å². The standard InChI is InChI=1S/2C18H38O4S/c2*1-2-3-4-5-6-7-8-9-10-11-12-13-14-15-16-17-18-22-23(19,20)21/h2*2-18H2,1H3,(H,19,20,21). The molecule has 280 valence electrons. The van der Waals surface area contributed by atoms with Crippen molar-refractivity contribution >= 4 is 20.8 Å². The second-order valence-corrected chi connectivity index (χ2v) is 15.3. The third-order valence-corrected chi connectivity index (χ3v) is 9.39. The van der Waals surface area contributed by atoms with E-state index in [0.29, 0.717) is 12.8 Å². The highest BCUT2D eigenvalue weighted by molar-refractivity contribution is 7.81. The van der Waals surface area contributed by atoms with Crippen molar-refractivity contribution in [1.29, 1.82) is 0 Å². The van der Waals surface area contributed by atoms with Crippen LogP contribution in [0.5, 0.6) is 0 Å². The lowest BCUT2D eigenvalue weighted by Gasteiger charge is -2.03. The summed E-state index contributed by atoms with van der Waals surface area (Å²) in [4.78, 5) is 0. The van der Waals surface area contributed by atoms with Gasteiger partial charge < -0.3 is 0 Å². The molecular weight excluding hydrogens is 625 g/mol. The van der Waals surface area contributed by atoms with E-state index < -0.39 is 20.8 Å². The van der Waals surface area contributed by atoms with Crippen LogP contribution in [0.4, 0.5) is 0 Å². The lowest BCUT2D eigenvalue weighted by atomic mass is 10.0. The maximum Gasteiger partial charge on any atom is 0.397 e. The Kier molecular flexibility index (Phi) is 39.1. The Morgan fingerprint density at radius 2 is 0.457 bits per heavy atom. The lowest BCUT2D eigenvalue weighted by Crippen LogP contribution is -2.04. The van der Waals surface area contributed by atoms with Gasteiger partial charge >= 0.3 is 20.8 Å². The van der Waals surface area contributed by atoms with Gasteiger partial charge in [-0.05, 0) is 12.8 Å². The van der Waals surface area contributed by atoms with Crippen molar-refractivity contribution in [2.24, 2.45) is 0 Å². The van der Waals surface area contributed by atoms with Gasteiger partial charge in [-0.3, -0.25) is 9.11 Å². The molecule has 0 amide bonds. The number of rotatable bonds is 36. The van der Waals surface area contributed by atoms with Gasteiger partial charge in [0.2, 0.25) is 0 Å². The first-order valence-corrected chi connectivity index (χ1v) is 22.1. The molecule has 0 spiro atoms. The quantitative estimate of drug-likeness (QED) is 0.0488. The maximum absolute atomic E-state index is 10.3. The molecule has 8 nitrogen and oxygen atoms in total. The lowest BCUT2D eigenvalue weighted by molar-refractivity contribution is 0.260. The van der Waals surface area contributed by atoms with E-state index >= 15 is 0 Å². The first-order chi connectivity index (χ1) is 22.1. The van der Waals surface area contributed by atoms with Gasteiger partial charge in [-0.25, -0.2) is 8.37 Å². The molecular formula is C36H76O8S2. The van der Waals surface area contributed by atoms with Crippen molar-refractivity contribution < 1.29 is 34.3 Å². The molecule has 0 saturated carbocycles. The Morgan fingerprint density at radius 3 is 0.609 bits per heavy atom. The van der Waals surface area contributed by atoms with Crippen LogP contribution in [0.15, 0.2) is 0 Å². The second kappa shape index (κ2) is 37.6. The van der Waals surface area contributed by atoms with Crippen LogP contribution in [-0.2, 0) is 29.2 Å². The van der Waals surface area contributed by atoms with Gasteiger partial charge in [-0.2, -0.15) is 16.8 Å². The minimum atomic E-state index is -4.24. The first kappa shape index (κ1) is 47.9. The average molecular weight is 701 g/mol.